The van der Waals surface area contributed by atoms with Crippen LogP contribution in [0.15, 0.2) is 12.4 Å². The Balaban J connectivity index is 1.70. The van der Waals surface area contributed by atoms with E-state index in [9.17, 15) is 0 Å². The molecule has 0 saturated carbocycles. The molecule has 0 aromatic carbocycles. The molecule has 22 heavy (non-hydrogen) atoms. The predicted octanol–water partition coefficient (Wildman–Crippen LogP) is 0.693. The number of hydrogen-bond donors (Lipinski definition) is 1. The summed E-state index contributed by atoms with van der Waals surface area (Å²) in [5.41, 5.74) is 6.65. The number of aromatic nitrogens is 7. The minimum atomic E-state index is 0.221. The van der Waals surface area contributed by atoms with Crippen LogP contribution in [-0.2, 0) is 13.6 Å². The van der Waals surface area contributed by atoms with Gasteiger partial charge in [0.1, 0.15) is 0 Å². The summed E-state index contributed by atoms with van der Waals surface area (Å²) in [5.74, 6) is 1.76. The Morgan fingerprint density at radius 1 is 1.27 bits per heavy atom. The zero-order valence-corrected chi connectivity index (χ0v) is 13.0. The number of rotatable bonds is 2. The van der Waals surface area contributed by atoms with Crippen LogP contribution in [0.25, 0.3) is 11.4 Å². The lowest BCUT2D eigenvalue weighted by molar-refractivity contribution is 0.466. The first-order chi connectivity index (χ1) is 10.6. The molecule has 114 valence electrons. The van der Waals surface area contributed by atoms with Crippen LogP contribution in [0.2, 0.25) is 0 Å². The van der Waals surface area contributed by atoms with E-state index in [2.05, 4.69) is 41.9 Å². The van der Waals surface area contributed by atoms with Crippen LogP contribution >= 0.6 is 11.3 Å². The first-order valence-corrected chi connectivity index (χ1v) is 7.70. The van der Waals surface area contributed by atoms with Gasteiger partial charge in [0.15, 0.2) is 11.6 Å². The Hall–Kier alpha value is -2.49. The monoisotopic (exact) mass is 317 g/mol. The molecule has 0 bridgehead atoms. The van der Waals surface area contributed by atoms with Crippen molar-refractivity contribution in [2.75, 3.05) is 17.2 Å². The number of nitrogens with two attached hydrogens (primary N) is 1. The van der Waals surface area contributed by atoms with Gasteiger partial charge in [-0.15, -0.1) is 20.4 Å². The van der Waals surface area contributed by atoms with E-state index >= 15 is 0 Å². The third-order valence-electron chi connectivity index (χ3n) is 3.69. The molecule has 0 radical (unpaired) electrons. The molecule has 1 aliphatic rings. The minimum absolute atomic E-state index is 0.221. The van der Waals surface area contributed by atoms with Gasteiger partial charge in [0.25, 0.3) is 0 Å². The van der Waals surface area contributed by atoms with Gasteiger partial charge in [0, 0.05) is 19.8 Å². The normalized spacial score (nSPS) is 17.7. The van der Waals surface area contributed by atoms with Crippen molar-refractivity contribution >= 4 is 21.6 Å². The molecule has 0 unspecified atom stereocenters. The molecule has 3 aromatic rings. The van der Waals surface area contributed by atoms with Crippen LogP contribution in [-0.4, -0.2) is 41.3 Å². The number of nitrogen functional groups attached to an aromatic ring is 1. The molecule has 1 atom stereocenters. The van der Waals surface area contributed by atoms with Crippen LogP contribution in [0.1, 0.15) is 18.8 Å². The second-order valence-corrected chi connectivity index (χ2v) is 6.35. The van der Waals surface area contributed by atoms with Crippen molar-refractivity contribution in [3.63, 3.8) is 0 Å². The van der Waals surface area contributed by atoms with Gasteiger partial charge in [-0.05, 0) is 6.92 Å². The average molecular weight is 317 g/mol. The number of aryl methyl sites for hydroxylation is 1. The molecular weight excluding hydrogens is 302 g/mol. The van der Waals surface area contributed by atoms with Crippen molar-refractivity contribution in [3.8, 4) is 11.4 Å². The molecule has 0 amide bonds. The summed E-state index contributed by atoms with van der Waals surface area (Å²) in [5, 5.41) is 22.2. The molecular formula is C12H15N9S. The third kappa shape index (κ3) is 2.03. The first-order valence-electron chi connectivity index (χ1n) is 6.88. The quantitative estimate of drug-likeness (QED) is 0.741. The van der Waals surface area contributed by atoms with Crippen LogP contribution in [0.5, 0.6) is 0 Å². The maximum Gasteiger partial charge on any atom is 0.210 e. The van der Waals surface area contributed by atoms with E-state index in [-0.39, 0.29) is 6.04 Å². The topological polar surface area (TPSA) is 104 Å². The van der Waals surface area contributed by atoms with Crippen molar-refractivity contribution in [2.24, 2.45) is 7.05 Å². The zero-order chi connectivity index (χ0) is 15.3. The van der Waals surface area contributed by atoms with Gasteiger partial charge in [-0.1, -0.05) is 11.3 Å². The molecule has 4 rings (SSSR count). The largest absolute Gasteiger partial charge is 0.374 e. The third-order valence-corrected chi connectivity index (χ3v) is 4.50. The van der Waals surface area contributed by atoms with Gasteiger partial charge < -0.3 is 15.2 Å². The van der Waals surface area contributed by atoms with Gasteiger partial charge in [0.05, 0.1) is 24.3 Å². The molecule has 0 saturated heterocycles. The SMILES string of the molecule is C[C@H]1CN(c2nnc(N)s2)Cc2nnc(-c3cnn(C)c3)n21. The van der Waals surface area contributed by atoms with Gasteiger partial charge in [0.2, 0.25) is 10.3 Å². The summed E-state index contributed by atoms with van der Waals surface area (Å²) in [4.78, 5) is 2.13. The lowest BCUT2D eigenvalue weighted by Crippen LogP contribution is -2.36. The summed E-state index contributed by atoms with van der Waals surface area (Å²) in [6.07, 6.45) is 3.75. The number of anilines is 2. The Morgan fingerprint density at radius 2 is 2.14 bits per heavy atom. The highest BCUT2D eigenvalue weighted by Gasteiger charge is 2.29. The number of hydrogen-bond acceptors (Lipinski definition) is 8. The second-order valence-electron chi connectivity index (χ2n) is 5.36. The average Bonchev–Trinajstić information content (AvgIpc) is 3.17. The number of nitrogens with zero attached hydrogens (tertiary/aromatic N) is 8. The van der Waals surface area contributed by atoms with E-state index in [1.807, 2.05) is 19.4 Å². The van der Waals surface area contributed by atoms with E-state index in [1.54, 1.807) is 4.68 Å². The summed E-state index contributed by atoms with van der Waals surface area (Å²) in [6, 6.07) is 0.221. The molecule has 4 heterocycles. The molecule has 1 aliphatic heterocycles. The van der Waals surface area contributed by atoms with E-state index in [4.69, 9.17) is 5.73 Å². The van der Waals surface area contributed by atoms with E-state index < -0.39 is 0 Å². The summed E-state index contributed by atoms with van der Waals surface area (Å²) >= 11 is 1.39. The van der Waals surface area contributed by atoms with Gasteiger partial charge in [-0.25, -0.2) is 0 Å². The van der Waals surface area contributed by atoms with Crippen LogP contribution in [0.3, 0.4) is 0 Å². The van der Waals surface area contributed by atoms with Crippen molar-refractivity contribution in [2.45, 2.75) is 19.5 Å². The van der Waals surface area contributed by atoms with E-state index in [0.717, 1.165) is 28.9 Å². The molecule has 10 heteroatoms. The Bertz CT molecular complexity index is 816. The van der Waals surface area contributed by atoms with E-state index in [1.165, 1.54) is 11.3 Å². The Kier molecular flexibility index (Phi) is 2.86. The summed E-state index contributed by atoms with van der Waals surface area (Å²) in [7, 11) is 1.89. The van der Waals surface area contributed by atoms with Crippen LogP contribution in [0, 0.1) is 0 Å². The maximum atomic E-state index is 5.67. The lowest BCUT2D eigenvalue weighted by atomic mass is 10.2. The molecule has 3 aromatic heterocycles. The standard InChI is InChI=1S/C12H15N9S/c1-7-4-20(12-18-17-11(13)22-12)6-9-15-16-10(21(7)9)8-3-14-19(2)5-8/h3,5,7H,4,6H2,1-2H3,(H2,13,17)/t7-/m0/s1. The first kappa shape index (κ1) is 13.2. The maximum absolute atomic E-state index is 5.67. The minimum Gasteiger partial charge on any atom is -0.374 e. The molecule has 0 aliphatic carbocycles. The summed E-state index contributed by atoms with van der Waals surface area (Å²) in [6.45, 7) is 3.60. The van der Waals surface area contributed by atoms with Crippen molar-refractivity contribution in [3.05, 3.63) is 18.2 Å². The van der Waals surface area contributed by atoms with Crippen molar-refractivity contribution in [1.82, 2.24) is 34.7 Å². The molecule has 0 fully saturated rings. The van der Waals surface area contributed by atoms with Crippen molar-refractivity contribution in [1.29, 1.82) is 0 Å². The predicted molar refractivity (Wildman–Crippen MR) is 82.3 cm³/mol. The van der Waals surface area contributed by atoms with Crippen LogP contribution < -0.4 is 10.6 Å². The fraction of sp³-hybridized carbons (Fsp3) is 0.417. The summed E-state index contributed by atoms with van der Waals surface area (Å²) < 4.78 is 3.93. The fourth-order valence-electron chi connectivity index (χ4n) is 2.76. The molecule has 2 N–H and O–H groups in total. The van der Waals surface area contributed by atoms with Gasteiger partial charge in [-0.2, -0.15) is 5.10 Å². The number of fused-ring (bicyclic) bond motifs is 1. The van der Waals surface area contributed by atoms with Gasteiger partial charge >= 0.3 is 0 Å². The highest BCUT2D eigenvalue weighted by molar-refractivity contribution is 7.18. The smallest absolute Gasteiger partial charge is 0.210 e. The fourth-order valence-corrected chi connectivity index (χ4v) is 3.38. The lowest BCUT2D eigenvalue weighted by Gasteiger charge is -2.31. The van der Waals surface area contributed by atoms with Crippen molar-refractivity contribution < 1.29 is 0 Å². The molecule has 0 spiro atoms. The molecule has 9 nitrogen and oxygen atoms in total. The second kappa shape index (κ2) is 4.77. The Labute approximate surface area is 130 Å². The van der Waals surface area contributed by atoms with Crippen LogP contribution in [0.4, 0.5) is 10.3 Å². The zero-order valence-electron chi connectivity index (χ0n) is 12.2. The van der Waals surface area contributed by atoms with Gasteiger partial charge in [-0.3, -0.25) is 4.68 Å². The van der Waals surface area contributed by atoms with E-state index in [0.29, 0.717) is 11.7 Å². The highest BCUT2D eigenvalue weighted by Crippen LogP contribution is 2.31. The Morgan fingerprint density at radius 3 is 2.82 bits per heavy atom. The highest BCUT2D eigenvalue weighted by atomic mass is 32.1.